The largest absolute Gasteiger partial charge is 0.476 e. The van der Waals surface area contributed by atoms with Gasteiger partial charge >= 0.3 is 5.97 Å². The van der Waals surface area contributed by atoms with Crippen molar-refractivity contribution in [2.24, 2.45) is 0 Å². The van der Waals surface area contributed by atoms with E-state index in [0.29, 0.717) is 32.0 Å². The van der Waals surface area contributed by atoms with Crippen LogP contribution in [0.5, 0.6) is 0 Å². The summed E-state index contributed by atoms with van der Waals surface area (Å²) in [5.74, 6) is -0.599. The highest BCUT2D eigenvalue weighted by Crippen LogP contribution is 2.23. The normalized spacial score (nSPS) is 15.6. The van der Waals surface area contributed by atoms with Crippen molar-refractivity contribution < 1.29 is 18.3 Å². The summed E-state index contributed by atoms with van der Waals surface area (Å²) < 4.78 is 27.5. The van der Waals surface area contributed by atoms with Crippen molar-refractivity contribution in [3.63, 3.8) is 0 Å². The van der Waals surface area contributed by atoms with Crippen molar-refractivity contribution in [1.82, 2.24) is 14.3 Å². The summed E-state index contributed by atoms with van der Waals surface area (Å²) in [5.41, 5.74) is -0.124. The molecule has 2 aromatic carbocycles. The second kappa shape index (κ2) is 7.17. The van der Waals surface area contributed by atoms with Crippen molar-refractivity contribution in [2.45, 2.75) is 4.90 Å². The van der Waals surface area contributed by atoms with Crippen LogP contribution in [0.3, 0.4) is 0 Å². The number of carbonyl (C=O) groups is 1. The van der Waals surface area contributed by atoms with Crippen LogP contribution in [-0.2, 0) is 10.0 Å². The lowest BCUT2D eigenvalue weighted by Gasteiger charge is -2.34. The predicted octanol–water partition coefficient (Wildman–Crippen LogP) is 1.84. The van der Waals surface area contributed by atoms with Gasteiger partial charge in [-0.05, 0) is 22.9 Å². The van der Waals surface area contributed by atoms with Gasteiger partial charge in [0.15, 0.2) is 5.69 Å². The Kier molecular flexibility index (Phi) is 4.70. The van der Waals surface area contributed by atoms with Gasteiger partial charge in [-0.15, -0.1) is 0 Å². The Morgan fingerprint density at radius 2 is 1.64 bits per heavy atom. The van der Waals surface area contributed by atoms with Gasteiger partial charge in [0, 0.05) is 26.2 Å². The number of benzene rings is 2. The summed E-state index contributed by atoms with van der Waals surface area (Å²) in [6.45, 7) is 1.54. The number of piperazine rings is 1. The monoisotopic (exact) mass is 398 g/mol. The van der Waals surface area contributed by atoms with Crippen molar-refractivity contribution in [3.8, 4) is 0 Å². The predicted molar refractivity (Wildman–Crippen MR) is 104 cm³/mol. The quantitative estimate of drug-likeness (QED) is 0.715. The molecule has 0 aliphatic carbocycles. The minimum absolute atomic E-state index is 0.124. The van der Waals surface area contributed by atoms with Crippen molar-refractivity contribution in [3.05, 3.63) is 60.6 Å². The standard InChI is InChI=1S/C19H18N4O4S/c24-19(25)17-12-21-18(13-20-17)22-7-9-23(10-8-22)28(26,27)16-6-5-14-3-1-2-4-15(14)11-16/h1-6,11-13H,7-10H2,(H,24,25). The molecule has 0 atom stereocenters. The van der Waals surface area contributed by atoms with Crippen molar-refractivity contribution >= 4 is 32.6 Å². The van der Waals surface area contributed by atoms with E-state index in [1.165, 1.54) is 16.7 Å². The van der Waals surface area contributed by atoms with Crippen LogP contribution in [0.2, 0.25) is 0 Å². The number of anilines is 1. The summed E-state index contributed by atoms with van der Waals surface area (Å²) in [4.78, 5) is 21.0. The molecule has 9 heteroatoms. The average Bonchev–Trinajstić information content (AvgIpc) is 2.73. The van der Waals surface area contributed by atoms with Gasteiger partial charge in [0.2, 0.25) is 10.0 Å². The zero-order valence-corrected chi connectivity index (χ0v) is 15.7. The fourth-order valence-corrected chi connectivity index (χ4v) is 4.69. The molecule has 144 valence electrons. The van der Waals surface area contributed by atoms with E-state index in [1.807, 2.05) is 35.2 Å². The lowest BCUT2D eigenvalue weighted by Crippen LogP contribution is -2.49. The van der Waals surface area contributed by atoms with Gasteiger partial charge in [0.25, 0.3) is 0 Å². The topological polar surface area (TPSA) is 104 Å². The Hall–Kier alpha value is -3.04. The molecule has 28 heavy (non-hydrogen) atoms. The SMILES string of the molecule is O=C(O)c1cnc(N2CCN(S(=O)(=O)c3ccc4ccccc4c3)CC2)cn1. The third kappa shape index (κ3) is 3.41. The van der Waals surface area contributed by atoms with E-state index in [9.17, 15) is 13.2 Å². The van der Waals surface area contributed by atoms with Gasteiger partial charge in [0.05, 0.1) is 17.3 Å². The molecule has 1 N–H and O–H groups in total. The fourth-order valence-electron chi connectivity index (χ4n) is 3.23. The highest BCUT2D eigenvalue weighted by atomic mass is 32.2. The first kappa shape index (κ1) is 18.3. The van der Waals surface area contributed by atoms with Crippen molar-refractivity contribution in [1.29, 1.82) is 0 Å². The van der Waals surface area contributed by atoms with E-state index in [4.69, 9.17) is 5.11 Å². The van der Waals surface area contributed by atoms with Crippen LogP contribution in [0.4, 0.5) is 5.82 Å². The Morgan fingerprint density at radius 1 is 0.929 bits per heavy atom. The summed E-state index contributed by atoms with van der Waals surface area (Å²) in [7, 11) is -3.58. The Bertz CT molecular complexity index is 1120. The molecular weight excluding hydrogens is 380 g/mol. The van der Waals surface area contributed by atoms with Gasteiger partial charge in [-0.1, -0.05) is 30.3 Å². The number of nitrogens with zero attached hydrogens (tertiary/aromatic N) is 4. The van der Waals surface area contributed by atoms with Crippen LogP contribution in [0.15, 0.2) is 59.8 Å². The van der Waals surface area contributed by atoms with E-state index in [1.54, 1.807) is 12.1 Å². The molecule has 4 rings (SSSR count). The summed E-state index contributed by atoms with van der Waals surface area (Å²) in [6, 6.07) is 12.8. The third-order valence-corrected chi connectivity index (χ3v) is 6.67. The third-order valence-electron chi connectivity index (χ3n) is 4.78. The molecule has 0 bridgehead atoms. The first-order valence-corrected chi connectivity index (χ1v) is 10.2. The summed E-state index contributed by atoms with van der Waals surface area (Å²) in [6.07, 6.45) is 2.60. The number of rotatable bonds is 4. The Balaban J connectivity index is 1.49. The van der Waals surface area contributed by atoms with Crippen LogP contribution >= 0.6 is 0 Å². The highest BCUT2D eigenvalue weighted by molar-refractivity contribution is 7.89. The Morgan fingerprint density at radius 3 is 2.29 bits per heavy atom. The molecule has 2 heterocycles. The van der Waals surface area contributed by atoms with Gasteiger partial charge in [-0.2, -0.15) is 4.31 Å². The van der Waals surface area contributed by atoms with Crippen LogP contribution in [-0.4, -0.2) is 59.9 Å². The van der Waals surface area contributed by atoms with Gasteiger partial charge in [0.1, 0.15) is 5.82 Å². The minimum Gasteiger partial charge on any atom is -0.476 e. The molecule has 8 nitrogen and oxygen atoms in total. The maximum absolute atomic E-state index is 13.0. The molecule has 1 saturated heterocycles. The van der Waals surface area contributed by atoms with E-state index < -0.39 is 16.0 Å². The van der Waals surface area contributed by atoms with Crippen LogP contribution in [0.1, 0.15) is 10.5 Å². The van der Waals surface area contributed by atoms with Gasteiger partial charge in [-0.3, -0.25) is 0 Å². The molecule has 0 radical (unpaired) electrons. The van der Waals surface area contributed by atoms with Crippen LogP contribution in [0.25, 0.3) is 10.8 Å². The second-order valence-electron chi connectivity index (χ2n) is 6.47. The van der Waals surface area contributed by atoms with Crippen LogP contribution in [0, 0.1) is 0 Å². The molecule has 1 aliphatic heterocycles. The number of hydrogen-bond acceptors (Lipinski definition) is 6. The molecule has 0 saturated carbocycles. The highest BCUT2D eigenvalue weighted by Gasteiger charge is 2.29. The maximum Gasteiger partial charge on any atom is 0.356 e. The molecule has 0 amide bonds. The molecule has 3 aromatic rings. The van der Waals surface area contributed by atoms with Gasteiger partial charge in [-0.25, -0.2) is 23.2 Å². The lowest BCUT2D eigenvalue weighted by atomic mass is 10.1. The molecule has 0 spiro atoms. The molecule has 0 unspecified atom stereocenters. The first-order valence-electron chi connectivity index (χ1n) is 8.74. The first-order chi connectivity index (χ1) is 13.4. The number of fused-ring (bicyclic) bond motifs is 1. The summed E-state index contributed by atoms with van der Waals surface area (Å²) in [5, 5.41) is 10.8. The number of aromatic nitrogens is 2. The molecule has 1 fully saturated rings. The minimum atomic E-state index is -3.58. The fraction of sp³-hybridized carbons (Fsp3) is 0.211. The molecular formula is C19H18N4O4S. The number of carboxylic acid groups (broad SMARTS) is 1. The zero-order valence-electron chi connectivity index (χ0n) is 14.9. The number of hydrogen-bond donors (Lipinski definition) is 1. The van der Waals surface area contributed by atoms with E-state index in [2.05, 4.69) is 9.97 Å². The summed E-state index contributed by atoms with van der Waals surface area (Å²) >= 11 is 0. The smallest absolute Gasteiger partial charge is 0.356 e. The number of sulfonamides is 1. The number of aromatic carboxylic acids is 1. The van der Waals surface area contributed by atoms with Gasteiger partial charge < -0.3 is 10.0 Å². The Labute approximate surface area is 162 Å². The van der Waals surface area contributed by atoms with Crippen molar-refractivity contribution in [2.75, 3.05) is 31.1 Å². The zero-order chi connectivity index (χ0) is 19.7. The molecule has 1 aliphatic rings. The van der Waals surface area contributed by atoms with E-state index in [-0.39, 0.29) is 10.6 Å². The van der Waals surface area contributed by atoms with E-state index >= 15 is 0 Å². The van der Waals surface area contributed by atoms with Crippen LogP contribution < -0.4 is 4.90 Å². The number of carboxylic acids is 1. The average molecular weight is 398 g/mol. The molecule has 1 aromatic heterocycles. The maximum atomic E-state index is 13.0. The van der Waals surface area contributed by atoms with E-state index in [0.717, 1.165) is 10.8 Å². The lowest BCUT2D eigenvalue weighted by molar-refractivity contribution is 0.0690. The second-order valence-corrected chi connectivity index (χ2v) is 8.40.